The molecule has 0 spiro atoms. The molecule has 0 saturated heterocycles. The molecule has 6 heteroatoms. The topological polar surface area (TPSA) is 70.6 Å². The summed E-state index contributed by atoms with van der Waals surface area (Å²) in [4.78, 5) is 0. The summed E-state index contributed by atoms with van der Waals surface area (Å²) in [6, 6.07) is 8.94. The van der Waals surface area contributed by atoms with Gasteiger partial charge in [-0.05, 0) is 30.7 Å². The van der Waals surface area contributed by atoms with Crippen LogP contribution in [0.4, 0.5) is 14.5 Å². The van der Waals surface area contributed by atoms with Gasteiger partial charge >= 0.3 is 0 Å². The van der Waals surface area contributed by atoms with Gasteiger partial charge in [-0.15, -0.1) is 0 Å². The summed E-state index contributed by atoms with van der Waals surface area (Å²) >= 11 is 0. The van der Waals surface area contributed by atoms with E-state index in [1.165, 1.54) is 18.2 Å². The van der Waals surface area contributed by atoms with Crippen molar-refractivity contribution in [1.82, 2.24) is 0 Å². The molecule has 2 aromatic carbocycles. The number of nitrogens with zero attached hydrogens (tertiary/aromatic N) is 1. The van der Waals surface area contributed by atoms with E-state index in [0.29, 0.717) is 11.3 Å². The molecule has 0 heterocycles. The van der Waals surface area contributed by atoms with Gasteiger partial charge in [0.15, 0.2) is 5.84 Å². The fourth-order valence-corrected chi connectivity index (χ4v) is 1.94. The number of aryl methyl sites for hydroxylation is 1. The van der Waals surface area contributed by atoms with Gasteiger partial charge in [-0.2, -0.15) is 0 Å². The van der Waals surface area contributed by atoms with Gasteiger partial charge in [0.25, 0.3) is 0 Å². The van der Waals surface area contributed by atoms with Crippen LogP contribution in [0, 0.1) is 18.6 Å². The number of benzene rings is 2. The number of rotatable bonds is 4. The molecule has 0 bridgehead atoms. The smallest absolute Gasteiger partial charge is 0.173 e. The number of amidine groups is 1. The van der Waals surface area contributed by atoms with Gasteiger partial charge in [0.1, 0.15) is 11.6 Å². The number of anilines is 1. The van der Waals surface area contributed by atoms with E-state index in [0.717, 1.165) is 5.56 Å². The fraction of sp³-hybridized carbons (Fsp3) is 0.133. The number of nitrogens with one attached hydrogen (secondary N) is 1. The standard InChI is InChI=1S/C15H15F2N3O/c1-9-5-6-11(16)7-13(9)19-8-10-3-2-4-12(14(10)17)15(18)20-21/h2-7,19,21H,8H2,1H3,(H2,18,20). The van der Waals surface area contributed by atoms with Gasteiger partial charge in [-0.25, -0.2) is 8.78 Å². The average molecular weight is 291 g/mol. The lowest BCUT2D eigenvalue weighted by Gasteiger charge is -2.11. The average Bonchev–Trinajstić information content (AvgIpc) is 2.48. The Kier molecular flexibility index (Phi) is 4.37. The molecular weight excluding hydrogens is 276 g/mol. The molecule has 0 fully saturated rings. The summed E-state index contributed by atoms with van der Waals surface area (Å²) in [5.41, 5.74) is 7.20. The first-order chi connectivity index (χ1) is 10.0. The Morgan fingerprint density at radius 2 is 2.05 bits per heavy atom. The molecule has 0 aliphatic heterocycles. The highest BCUT2D eigenvalue weighted by molar-refractivity contribution is 5.97. The second-order valence-electron chi connectivity index (χ2n) is 4.58. The maximum Gasteiger partial charge on any atom is 0.173 e. The van der Waals surface area contributed by atoms with Crippen molar-refractivity contribution in [2.45, 2.75) is 13.5 Å². The molecule has 4 nitrogen and oxygen atoms in total. The van der Waals surface area contributed by atoms with Crippen molar-refractivity contribution in [2.24, 2.45) is 10.9 Å². The van der Waals surface area contributed by atoms with E-state index in [1.807, 2.05) is 6.92 Å². The molecule has 110 valence electrons. The Morgan fingerprint density at radius 1 is 1.29 bits per heavy atom. The molecule has 2 rings (SSSR count). The molecule has 0 unspecified atom stereocenters. The SMILES string of the molecule is Cc1ccc(F)cc1NCc1cccc(/C(N)=N/O)c1F. The highest BCUT2D eigenvalue weighted by Gasteiger charge is 2.11. The van der Waals surface area contributed by atoms with Crippen LogP contribution >= 0.6 is 0 Å². The van der Waals surface area contributed by atoms with Gasteiger partial charge in [0.2, 0.25) is 0 Å². The highest BCUT2D eigenvalue weighted by atomic mass is 19.1. The van der Waals surface area contributed by atoms with Gasteiger partial charge < -0.3 is 16.3 Å². The summed E-state index contributed by atoms with van der Waals surface area (Å²) in [5, 5.41) is 14.4. The Hall–Kier alpha value is -2.63. The molecular formula is C15H15F2N3O. The summed E-state index contributed by atoms with van der Waals surface area (Å²) in [6.07, 6.45) is 0. The maximum atomic E-state index is 14.2. The van der Waals surface area contributed by atoms with Crippen molar-refractivity contribution in [2.75, 3.05) is 5.32 Å². The van der Waals surface area contributed by atoms with Crippen molar-refractivity contribution >= 4 is 11.5 Å². The number of oxime groups is 1. The van der Waals surface area contributed by atoms with Crippen LogP contribution in [0.1, 0.15) is 16.7 Å². The predicted molar refractivity (Wildman–Crippen MR) is 77.4 cm³/mol. The van der Waals surface area contributed by atoms with Crippen LogP contribution in [0.5, 0.6) is 0 Å². The normalized spacial score (nSPS) is 11.5. The Bertz CT molecular complexity index is 687. The first kappa shape index (κ1) is 14.8. The lowest BCUT2D eigenvalue weighted by atomic mass is 10.1. The minimum atomic E-state index is -0.575. The minimum absolute atomic E-state index is 0.0211. The van der Waals surface area contributed by atoms with Crippen LogP contribution < -0.4 is 11.1 Å². The zero-order chi connectivity index (χ0) is 15.4. The van der Waals surface area contributed by atoms with Gasteiger partial charge in [0.05, 0.1) is 5.56 Å². The molecule has 0 aliphatic rings. The number of halogens is 2. The van der Waals surface area contributed by atoms with Crippen LogP contribution in [0.3, 0.4) is 0 Å². The van der Waals surface area contributed by atoms with Crippen LogP contribution in [0.15, 0.2) is 41.6 Å². The molecule has 4 N–H and O–H groups in total. The number of nitrogens with two attached hydrogens (primary N) is 1. The molecule has 0 saturated carbocycles. The third-order valence-corrected chi connectivity index (χ3v) is 3.13. The molecule has 0 atom stereocenters. The summed E-state index contributed by atoms with van der Waals surface area (Å²) in [5.74, 6) is -1.24. The van der Waals surface area contributed by atoms with Crippen LogP contribution in [-0.4, -0.2) is 11.0 Å². The second-order valence-corrected chi connectivity index (χ2v) is 4.58. The molecule has 21 heavy (non-hydrogen) atoms. The lowest BCUT2D eigenvalue weighted by molar-refractivity contribution is 0.318. The third kappa shape index (κ3) is 3.28. The predicted octanol–water partition coefficient (Wildman–Crippen LogP) is 2.98. The van der Waals surface area contributed by atoms with E-state index >= 15 is 0 Å². The molecule has 0 aliphatic carbocycles. The Morgan fingerprint density at radius 3 is 2.76 bits per heavy atom. The number of hydrogen-bond donors (Lipinski definition) is 3. The van der Waals surface area contributed by atoms with Gasteiger partial charge in [0, 0.05) is 17.8 Å². The van der Waals surface area contributed by atoms with E-state index in [2.05, 4.69) is 10.5 Å². The summed E-state index contributed by atoms with van der Waals surface area (Å²) in [7, 11) is 0. The Labute approximate surface area is 120 Å². The monoisotopic (exact) mass is 291 g/mol. The number of hydrogen-bond acceptors (Lipinski definition) is 3. The lowest BCUT2D eigenvalue weighted by Crippen LogP contribution is -2.16. The summed E-state index contributed by atoms with van der Waals surface area (Å²) < 4.78 is 27.4. The molecule has 0 aromatic heterocycles. The van der Waals surface area contributed by atoms with E-state index in [1.54, 1.807) is 18.2 Å². The van der Waals surface area contributed by atoms with E-state index in [-0.39, 0.29) is 23.8 Å². The van der Waals surface area contributed by atoms with Gasteiger partial charge in [-0.3, -0.25) is 0 Å². The fourth-order valence-electron chi connectivity index (χ4n) is 1.94. The first-order valence-electron chi connectivity index (χ1n) is 6.28. The van der Waals surface area contributed by atoms with Crippen molar-refractivity contribution in [3.63, 3.8) is 0 Å². The first-order valence-corrected chi connectivity index (χ1v) is 6.28. The van der Waals surface area contributed by atoms with Gasteiger partial charge in [-0.1, -0.05) is 23.4 Å². The van der Waals surface area contributed by atoms with Crippen molar-refractivity contribution < 1.29 is 14.0 Å². The third-order valence-electron chi connectivity index (χ3n) is 3.13. The van der Waals surface area contributed by atoms with Crippen LogP contribution in [0.2, 0.25) is 0 Å². The Balaban J connectivity index is 2.23. The zero-order valence-electron chi connectivity index (χ0n) is 11.4. The minimum Gasteiger partial charge on any atom is -0.409 e. The quantitative estimate of drug-likeness (QED) is 0.351. The summed E-state index contributed by atoms with van der Waals surface area (Å²) in [6.45, 7) is 1.98. The largest absolute Gasteiger partial charge is 0.409 e. The van der Waals surface area contributed by atoms with E-state index in [9.17, 15) is 8.78 Å². The molecule has 0 amide bonds. The zero-order valence-corrected chi connectivity index (χ0v) is 11.4. The van der Waals surface area contributed by atoms with Crippen molar-refractivity contribution in [3.05, 3.63) is 64.7 Å². The maximum absolute atomic E-state index is 14.2. The van der Waals surface area contributed by atoms with Crippen molar-refractivity contribution in [3.8, 4) is 0 Å². The van der Waals surface area contributed by atoms with Crippen molar-refractivity contribution in [1.29, 1.82) is 0 Å². The molecule has 2 aromatic rings. The van der Waals surface area contributed by atoms with Crippen LogP contribution in [-0.2, 0) is 6.54 Å². The van der Waals surface area contributed by atoms with E-state index < -0.39 is 5.82 Å². The van der Waals surface area contributed by atoms with E-state index in [4.69, 9.17) is 10.9 Å². The second kappa shape index (κ2) is 6.21. The molecule has 0 radical (unpaired) electrons. The highest BCUT2D eigenvalue weighted by Crippen LogP contribution is 2.19. The van der Waals surface area contributed by atoms with Crippen LogP contribution in [0.25, 0.3) is 0 Å².